The van der Waals surface area contributed by atoms with E-state index in [4.69, 9.17) is 9.15 Å². The van der Waals surface area contributed by atoms with Crippen molar-refractivity contribution in [3.63, 3.8) is 0 Å². The molecule has 0 fully saturated rings. The molecule has 1 aliphatic heterocycles. The molecule has 2 heterocycles. The highest BCUT2D eigenvalue weighted by atomic mass is 16.5. The maximum absolute atomic E-state index is 11.7. The fourth-order valence-electron chi connectivity index (χ4n) is 1.79. The van der Waals surface area contributed by atoms with Crippen LogP contribution in [0.5, 0.6) is 0 Å². The van der Waals surface area contributed by atoms with Crippen LogP contribution in [-0.4, -0.2) is 11.9 Å². The summed E-state index contributed by atoms with van der Waals surface area (Å²) >= 11 is 0. The summed E-state index contributed by atoms with van der Waals surface area (Å²) in [6.45, 7) is 0.292. The maximum Gasteiger partial charge on any atom is 0.338 e. The second-order valence-electron chi connectivity index (χ2n) is 3.88. The number of benzene rings is 1. The lowest BCUT2D eigenvalue weighted by atomic mass is 10.1. The Morgan fingerprint density at radius 2 is 2.17 bits per heavy atom. The third kappa shape index (κ3) is 1.75. The first kappa shape index (κ1) is 10.6. The first-order valence-electron chi connectivity index (χ1n) is 5.39. The number of esters is 1. The van der Waals surface area contributed by atoms with E-state index in [-0.39, 0.29) is 17.6 Å². The summed E-state index contributed by atoms with van der Waals surface area (Å²) in [5, 5.41) is 2.65. The SMILES string of the molecule is O=C(Nc1ccc2c(c1)C(=O)OC2)c1ccco1. The van der Waals surface area contributed by atoms with Crippen LogP contribution in [0, 0.1) is 0 Å². The Bertz CT molecular complexity index is 616. The number of carbonyl (C=O) groups excluding carboxylic acids is 2. The summed E-state index contributed by atoms with van der Waals surface area (Å²) in [4.78, 5) is 23.1. The van der Waals surface area contributed by atoms with E-state index in [0.29, 0.717) is 17.9 Å². The molecule has 1 amide bonds. The van der Waals surface area contributed by atoms with E-state index >= 15 is 0 Å². The van der Waals surface area contributed by atoms with Gasteiger partial charge < -0.3 is 14.5 Å². The van der Waals surface area contributed by atoms with E-state index in [1.54, 1.807) is 30.3 Å². The summed E-state index contributed by atoms with van der Waals surface area (Å²) in [5.74, 6) is -0.497. The summed E-state index contributed by atoms with van der Waals surface area (Å²) in [6, 6.07) is 8.29. The molecule has 90 valence electrons. The number of ether oxygens (including phenoxy) is 1. The average Bonchev–Trinajstić information content (AvgIpc) is 3.00. The van der Waals surface area contributed by atoms with Crippen molar-refractivity contribution >= 4 is 17.6 Å². The molecule has 2 aromatic rings. The molecule has 0 bridgehead atoms. The number of anilines is 1. The van der Waals surface area contributed by atoms with Gasteiger partial charge in [-0.15, -0.1) is 0 Å². The molecule has 0 atom stereocenters. The number of cyclic esters (lactones) is 1. The Morgan fingerprint density at radius 1 is 1.28 bits per heavy atom. The molecule has 18 heavy (non-hydrogen) atoms. The molecule has 1 N–H and O–H groups in total. The molecule has 0 saturated carbocycles. The van der Waals surface area contributed by atoms with Gasteiger partial charge in [0.15, 0.2) is 5.76 Å². The van der Waals surface area contributed by atoms with Crippen LogP contribution in [0.2, 0.25) is 0 Å². The third-order valence-electron chi connectivity index (χ3n) is 2.69. The zero-order valence-corrected chi connectivity index (χ0v) is 9.30. The minimum Gasteiger partial charge on any atom is -0.459 e. The molecule has 0 spiro atoms. The van der Waals surface area contributed by atoms with Gasteiger partial charge in [0.2, 0.25) is 0 Å². The van der Waals surface area contributed by atoms with Crippen LogP contribution < -0.4 is 5.32 Å². The highest BCUT2D eigenvalue weighted by Gasteiger charge is 2.21. The largest absolute Gasteiger partial charge is 0.459 e. The number of rotatable bonds is 2. The molecule has 0 saturated heterocycles. The Kier molecular flexibility index (Phi) is 2.37. The zero-order valence-electron chi connectivity index (χ0n) is 9.30. The number of furan rings is 1. The smallest absolute Gasteiger partial charge is 0.338 e. The minimum atomic E-state index is -0.362. The predicted octanol–water partition coefficient (Wildman–Crippen LogP) is 2.20. The van der Waals surface area contributed by atoms with Crippen molar-refractivity contribution in [1.29, 1.82) is 0 Å². The van der Waals surface area contributed by atoms with Crippen molar-refractivity contribution in [2.75, 3.05) is 5.32 Å². The molecule has 1 aliphatic rings. The first-order valence-corrected chi connectivity index (χ1v) is 5.39. The van der Waals surface area contributed by atoms with E-state index in [1.165, 1.54) is 6.26 Å². The number of amides is 1. The Morgan fingerprint density at radius 3 is 2.94 bits per heavy atom. The van der Waals surface area contributed by atoms with Crippen LogP contribution >= 0.6 is 0 Å². The number of nitrogens with one attached hydrogen (secondary N) is 1. The summed E-state index contributed by atoms with van der Waals surface area (Å²) in [7, 11) is 0. The summed E-state index contributed by atoms with van der Waals surface area (Å²) < 4.78 is 9.86. The van der Waals surface area contributed by atoms with Crippen LogP contribution in [0.1, 0.15) is 26.5 Å². The first-order chi connectivity index (χ1) is 8.74. The molecule has 5 heteroatoms. The van der Waals surface area contributed by atoms with Crippen LogP contribution in [0.3, 0.4) is 0 Å². The second-order valence-corrected chi connectivity index (χ2v) is 3.88. The van der Waals surface area contributed by atoms with E-state index in [0.717, 1.165) is 5.56 Å². The molecule has 0 radical (unpaired) electrons. The monoisotopic (exact) mass is 243 g/mol. The molecule has 0 unspecified atom stereocenters. The van der Waals surface area contributed by atoms with Gasteiger partial charge in [-0.25, -0.2) is 4.79 Å². The van der Waals surface area contributed by atoms with Crippen molar-refractivity contribution in [2.45, 2.75) is 6.61 Å². The van der Waals surface area contributed by atoms with Crippen LogP contribution in [0.15, 0.2) is 41.0 Å². The lowest BCUT2D eigenvalue weighted by molar-refractivity contribution is 0.0535. The van der Waals surface area contributed by atoms with Crippen molar-refractivity contribution in [1.82, 2.24) is 0 Å². The zero-order chi connectivity index (χ0) is 12.5. The second kappa shape index (κ2) is 4.03. The maximum atomic E-state index is 11.7. The van der Waals surface area contributed by atoms with Gasteiger partial charge in [0.1, 0.15) is 6.61 Å². The van der Waals surface area contributed by atoms with Crippen molar-refractivity contribution < 1.29 is 18.7 Å². The molecule has 0 aliphatic carbocycles. The predicted molar refractivity (Wildman–Crippen MR) is 62.2 cm³/mol. The van der Waals surface area contributed by atoms with Gasteiger partial charge in [-0.05, 0) is 24.3 Å². The van der Waals surface area contributed by atoms with Crippen molar-refractivity contribution in [2.24, 2.45) is 0 Å². The Hall–Kier alpha value is -2.56. The van der Waals surface area contributed by atoms with Crippen molar-refractivity contribution in [3.8, 4) is 0 Å². The standard InChI is InChI=1S/C13H9NO4/c15-12(11-2-1-5-17-11)14-9-4-3-8-7-18-13(16)10(8)6-9/h1-6H,7H2,(H,14,15). The molecule has 5 nitrogen and oxygen atoms in total. The molecule has 1 aromatic carbocycles. The van der Waals surface area contributed by atoms with Gasteiger partial charge in [0.25, 0.3) is 5.91 Å². The van der Waals surface area contributed by atoms with Crippen LogP contribution in [-0.2, 0) is 11.3 Å². The van der Waals surface area contributed by atoms with E-state index in [2.05, 4.69) is 5.32 Å². The van der Waals surface area contributed by atoms with Crippen LogP contribution in [0.25, 0.3) is 0 Å². The fraction of sp³-hybridized carbons (Fsp3) is 0.0769. The molecule has 3 rings (SSSR count). The number of fused-ring (bicyclic) bond motifs is 1. The molecular weight excluding hydrogens is 234 g/mol. The number of hydrogen-bond donors (Lipinski definition) is 1. The molecule has 1 aromatic heterocycles. The summed E-state index contributed by atoms with van der Waals surface area (Å²) in [6.07, 6.45) is 1.43. The lowest BCUT2D eigenvalue weighted by Gasteiger charge is -2.04. The topological polar surface area (TPSA) is 68.5 Å². The highest BCUT2D eigenvalue weighted by Crippen LogP contribution is 2.23. The number of carbonyl (C=O) groups is 2. The van der Waals surface area contributed by atoms with Gasteiger partial charge in [-0.2, -0.15) is 0 Å². The normalized spacial score (nSPS) is 13.0. The minimum absolute atomic E-state index is 0.220. The van der Waals surface area contributed by atoms with Gasteiger partial charge >= 0.3 is 5.97 Å². The van der Waals surface area contributed by atoms with E-state index in [1.807, 2.05) is 0 Å². The quantitative estimate of drug-likeness (QED) is 0.821. The van der Waals surface area contributed by atoms with Gasteiger partial charge in [0, 0.05) is 11.3 Å². The van der Waals surface area contributed by atoms with Gasteiger partial charge in [-0.1, -0.05) is 6.07 Å². The molecular formula is C13H9NO4. The summed E-state index contributed by atoms with van der Waals surface area (Å²) in [5.41, 5.74) is 1.86. The van der Waals surface area contributed by atoms with E-state index < -0.39 is 0 Å². The van der Waals surface area contributed by atoms with Crippen molar-refractivity contribution in [3.05, 3.63) is 53.5 Å². The fourth-order valence-corrected chi connectivity index (χ4v) is 1.79. The highest BCUT2D eigenvalue weighted by molar-refractivity contribution is 6.03. The number of hydrogen-bond acceptors (Lipinski definition) is 4. The average molecular weight is 243 g/mol. The van der Waals surface area contributed by atoms with E-state index in [9.17, 15) is 9.59 Å². The Labute approximate surface area is 102 Å². The Balaban J connectivity index is 1.84. The van der Waals surface area contributed by atoms with Gasteiger partial charge in [0.05, 0.1) is 11.8 Å². The van der Waals surface area contributed by atoms with Gasteiger partial charge in [-0.3, -0.25) is 4.79 Å². The van der Waals surface area contributed by atoms with Crippen LogP contribution in [0.4, 0.5) is 5.69 Å². The lowest BCUT2D eigenvalue weighted by Crippen LogP contribution is -2.11. The third-order valence-corrected chi connectivity index (χ3v) is 2.69.